The lowest BCUT2D eigenvalue weighted by Gasteiger charge is -2.06. The molecule has 0 spiro atoms. The van der Waals surface area contributed by atoms with E-state index in [0.717, 1.165) is 18.7 Å². The Balaban J connectivity index is 1.73. The van der Waals surface area contributed by atoms with Crippen molar-refractivity contribution in [1.82, 2.24) is 9.97 Å². The van der Waals surface area contributed by atoms with Crippen molar-refractivity contribution in [2.75, 3.05) is 5.32 Å². The monoisotopic (exact) mass is 291 g/mol. The summed E-state index contributed by atoms with van der Waals surface area (Å²) >= 11 is 5.65. The van der Waals surface area contributed by atoms with E-state index in [0.29, 0.717) is 17.2 Å². The van der Waals surface area contributed by atoms with E-state index in [1.807, 2.05) is 0 Å². The summed E-state index contributed by atoms with van der Waals surface area (Å²) < 4.78 is 13.0. The zero-order valence-corrected chi connectivity index (χ0v) is 11.2. The van der Waals surface area contributed by atoms with Crippen molar-refractivity contribution in [2.45, 2.75) is 18.8 Å². The standard InChI is InChI=1S/C14H11ClFN3O/c15-11-5-10(3-4-12(11)16)19-14(20)9-6-17-13(18-7-9)8-1-2-8/h3-8H,1-2H2,(H,19,20). The van der Waals surface area contributed by atoms with Crippen molar-refractivity contribution in [3.05, 3.63) is 52.8 Å². The van der Waals surface area contributed by atoms with Crippen molar-refractivity contribution < 1.29 is 9.18 Å². The molecule has 1 saturated carbocycles. The van der Waals surface area contributed by atoms with E-state index < -0.39 is 5.82 Å². The molecule has 0 radical (unpaired) electrons. The van der Waals surface area contributed by atoms with Crippen molar-refractivity contribution >= 4 is 23.2 Å². The molecule has 2 aromatic rings. The number of halogens is 2. The fourth-order valence-corrected chi connectivity index (χ4v) is 1.97. The highest BCUT2D eigenvalue weighted by molar-refractivity contribution is 6.31. The summed E-state index contributed by atoms with van der Waals surface area (Å²) in [5.74, 6) is 0.353. The van der Waals surface area contributed by atoms with Crippen LogP contribution in [0.25, 0.3) is 0 Å². The van der Waals surface area contributed by atoms with Crippen LogP contribution < -0.4 is 5.32 Å². The van der Waals surface area contributed by atoms with Crippen molar-refractivity contribution in [3.63, 3.8) is 0 Å². The first kappa shape index (κ1) is 13.0. The Morgan fingerprint density at radius 2 is 2.00 bits per heavy atom. The fourth-order valence-electron chi connectivity index (χ4n) is 1.78. The lowest BCUT2D eigenvalue weighted by atomic mass is 10.2. The number of aromatic nitrogens is 2. The molecule has 3 rings (SSSR count). The normalized spacial score (nSPS) is 14.1. The third kappa shape index (κ3) is 2.77. The topological polar surface area (TPSA) is 54.9 Å². The summed E-state index contributed by atoms with van der Waals surface area (Å²) in [7, 11) is 0. The minimum absolute atomic E-state index is 0.0388. The average Bonchev–Trinajstić information content (AvgIpc) is 3.28. The fraction of sp³-hybridized carbons (Fsp3) is 0.214. The number of hydrogen-bond donors (Lipinski definition) is 1. The van der Waals surface area contributed by atoms with Gasteiger partial charge in [0.15, 0.2) is 0 Å². The summed E-state index contributed by atoms with van der Waals surface area (Å²) in [4.78, 5) is 20.3. The van der Waals surface area contributed by atoms with Crippen LogP contribution in [0.1, 0.15) is 34.9 Å². The molecular formula is C14H11ClFN3O. The SMILES string of the molecule is O=C(Nc1ccc(F)c(Cl)c1)c1cnc(C2CC2)nc1. The molecular weight excluding hydrogens is 281 g/mol. The average molecular weight is 292 g/mol. The van der Waals surface area contributed by atoms with Gasteiger partial charge in [-0.1, -0.05) is 11.6 Å². The van der Waals surface area contributed by atoms with Crippen LogP contribution in [0.2, 0.25) is 5.02 Å². The summed E-state index contributed by atoms with van der Waals surface area (Å²) in [6.07, 6.45) is 5.22. The number of hydrogen-bond acceptors (Lipinski definition) is 3. The number of benzene rings is 1. The molecule has 6 heteroatoms. The van der Waals surface area contributed by atoms with Crippen molar-refractivity contribution in [1.29, 1.82) is 0 Å². The first-order valence-electron chi connectivity index (χ1n) is 6.22. The van der Waals surface area contributed by atoms with Gasteiger partial charge in [-0.25, -0.2) is 14.4 Å². The quantitative estimate of drug-likeness (QED) is 0.943. The van der Waals surface area contributed by atoms with Crippen LogP contribution in [-0.2, 0) is 0 Å². The predicted molar refractivity (Wildman–Crippen MR) is 73.4 cm³/mol. The molecule has 0 aliphatic heterocycles. The first-order chi connectivity index (χ1) is 9.63. The second kappa shape index (κ2) is 5.17. The zero-order chi connectivity index (χ0) is 14.1. The lowest BCUT2D eigenvalue weighted by Crippen LogP contribution is -2.13. The molecule has 102 valence electrons. The number of anilines is 1. The van der Waals surface area contributed by atoms with E-state index in [4.69, 9.17) is 11.6 Å². The Hall–Kier alpha value is -2.01. The van der Waals surface area contributed by atoms with Crippen LogP contribution >= 0.6 is 11.6 Å². The molecule has 1 aromatic heterocycles. The van der Waals surface area contributed by atoms with E-state index >= 15 is 0 Å². The molecule has 20 heavy (non-hydrogen) atoms. The Morgan fingerprint density at radius 1 is 1.30 bits per heavy atom. The molecule has 0 atom stereocenters. The Morgan fingerprint density at radius 3 is 2.60 bits per heavy atom. The Kier molecular flexibility index (Phi) is 3.36. The van der Waals surface area contributed by atoms with Gasteiger partial charge in [0.2, 0.25) is 0 Å². The maximum absolute atomic E-state index is 13.0. The molecule has 1 aliphatic carbocycles. The minimum atomic E-state index is -0.526. The number of nitrogens with zero attached hydrogens (tertiary/aromatic N) is 2. The van der Waals surface area contributed by atoms with Gasteiger partial charge in [0.05, 0.1) is 10.6 Å². The molecule has 0 unspecified atom stereocenters. The van der Waals surface area contributed by atoms with Gasteiger partial charge in [-0.05, 0) is 31.0 Å². The number of carbonyl (C=O) groups excluding carboxylic acids is 1. The van der Waals surface area contributed by atoms with Gasteiger partial charge in [0.1, 0.15) is 11.6 Å². The van der Waals surface area contributed by atoms with Crippen LogP contribution in [-0.4, -0.2) is 15.9 Å². The molecule has 4 nitrogen and oxygen atoms in total. The smallest absolute Gasteiger partial charge is 0.258 e. The molecule has 1 aromatic carbocycles. The molecule has 1 heterocycles. The van der Waals surface area contributed by atoms with Crippen LogP contribution in [0.15, 0.2) is 30.6 Å². The highest BCUT2D eigenvalue weighted by atomic mass is 35.5. The van der Waals surface area contributed by atoms with Gasteiger partial charge in [0.25, 0.3) is 5.91 Å². The predicted octanol–water partition coefficient (Wildman–Crippen LogP) is 3.40. The van der Waals surface area contributed by atoms with Gasteiger partial charge < -0.3 is 5.32 Å². The minimum Gasteiger partial charge on any atom is -0.322 e. The highest BCUT2D eigenvalue weighted by Gasteiger charge is 2.26. The summed E-state index contributed by atoms with van der Waals surface area (Å²) in [5, 5.41) is 2.58. The molecule has 1 fully saturated rings. The first-order valence-corrected chi connectivity index (χ1v) is 6.59. The van der Waals surface area contributed by atoms with E-state index in [-0.39, 0.29) is 10.9 Å². The second-order valence-electron chi connectivity index (χ2n) is 4.69. The number of rotatable bonds is 3. The van der Waals surface area contributed by atoms with Crippen molar-refractivity contribution in [3.8, 4) is 0 Å². The maximum atomic E-state index is 13.0. The largest absolute Gasteiger partial charge is 0.322 e. The van der Waals surface area contributed by atoms with Gasteiger partial charge >= 0.3 is 0 Å². The van der Waals surface area contributed by atoms with Crippen LogP contribution in [0.3, 0.4) is 0 Å². The van der Waals surface area contributed by atoms with Gasteiger partial charge in [0, 0.05) is 24.0 Å². The van der Waals surface area contributed by atoms with Crippen LogP contribution in [0, 0.1) is 5.82 Å². The number of nitrogens with one attached hydrogen (secondary N) is 1. The molecule has 0 bridgehead atoms. The molecule has 0 saturated heterocycles. The van der Waals surface area contributed by atoms with E-state index in [2.05, 4.69) is 15.3 Å². The third-order valence-electron chi connectivity index (χ3n) is 3.05. The van der Waals surface area contributed by atoms with Gasteiger partial charge in [-0.2, -0.15) is 0 Å². The number of carbonyl (C=O) groups is 1. The van der Waals surface area contributed by atoms with E-state index in [1.165, 1.54) is 30.6 Å². The molecule has 1 aliphatic rings. The van der Waals surface area contributed by atoms with Crippen LogP contribution in [0.4, 0.5) is 10.1 Å². The van der Waals surface area contributed by atoms with E-state index in [1.54, 1.807) is 0 Å². The molecule has 1 N–H and O–H groups in total. The zero-order valence-electron chi connectivity index (χ0n) is 10.4. The highest BCUT2D eigenvalue weighted by Crippen LogP contribution is 2.37. The second-order valence-corrected chi connectivity index (χ2v) is 5.09. The van der Waals surface area contributed by atoms with Crippen molar-refractivity contribution in [2.24, 2.45) is 0 Å². The van der Waals surface area contributed by atoms with Gasteiger partial charge in [-0.15, -0.1) is 0 Å². The summed E-state index contributed by atoms with van der Waals surface area (Å²) in [6.45, 7) is 0. The summed E-state index contributed by atoms with van der Waals surface area (Å²) in [6, 6.07) is 4.00. The molecule has 1 amide bonds. The van der Waals surface area contributed by atoms with E-state index in [9.17, 15) is 9.18 Å². The van der Waals surface area contributed by atoms with Crippen LogP contribution in [0.5, 0.6) is 0 Å². The lowest BCUT2D eigenvalue weighted by molar-refractivity contribution is 0.102. The number of amides is 1. The van der Waals surface area contributed by atoms with Gasteiger partial charge in [-0.3, -0.25) is 4.79 Å². The summed E-state index contributed by atoms with van der Waals surface area (Å²) in [5.41, 5.74) is 0.780. The Labute approximate surface area is 120 Å². The Bertz CT molecular complexity index is 656. The third-order valence-corrected chi connectivity index (χ3v) is 3.34. The maximum Gasteiger partial charge on any atom is 0.258 e.